The Hall–Kier alpha value is -3.39. The minimum absolute atomic E-state index is 0.278. The zero-order valence-electron chi connectivity index (χ0n) is 16.5. The number of fused-ring (bicyclic) bond motifs is 3. The minimum atomic E-state index is -0.292. The van der Waals surface area contributed by atoms with Gasteiger partial charge < -0.3 is 24.8 Å². The van der Waals surface area contributed by atoms with E-state index in [0.29, 0.717) is 17.8 Å². The number of anilines is 1. The van der Waals surface area contributed by atoms with Crippen LogP contribution in [0.25, 0.3) is 16.7 Å². The minimum Gasteiger partial charge on any atom is -0.371 e. The first kappa shape index (κ1) is 18.6. The first-order valence-corrected chi connectivity index (χ1v) is 10.1. The van der Waals surface area contributed by atoms with E-state index >= 15 is 0 Å². The molecule has 2 aromatic heterocycles. The average Bonchev–Trinajstić information content (AvgIpc) is 3.34. The molecule has 0 spiro atoms. The summed E-state index contributed by atoms with van der Waals surface area (Å²) in [5.41, 5.74) is 3.80. The fraction of sp³-hybridized carbons (Fsp3) is 0.318. The maximum absolute atomic E-state index is 12.2. The summed E-state index contributed by atoms with van der Waals surface area (Å²) in [4.78, 5) is 18.4. The number of morpholine rings is 1. The highest BCUT2D eigenvalue weighted by Crippen LogP contribution is 2.33. The van der Waals surface area contributed by atoms with E-state index in [-0.39, 0.29) is 18.2 Å². The normalized spacial score (nSPS) is 20.3. The zero-order chi connectivity index (χ0) is 20.5. The number of amides is 2. The summed E-state index contributed by atoms with van der Waals surface area (Å²) in [5.74, 6) is 0. The number of likely N-dealkylation sites (tertiary alicyclic amines) is 1. The summed E-state index contributed by atoms with van der Waals surface area (Å²) >= 11 is 0. The van der Waals surface area contributed by atoms with Crippen LogP contribution in [0.4, 0.5) is 10.5 Å². The van der Waals surface area contributed by atoms with Crippen molar-refractivity contribution >= 4 is 28.4 Å². The van der Waals surface area contributed by atoms with Crippen LogP contribution >= 0.6 is 0 Å². The Balaban J connectivity index is 1.25. The Morgan fingerprint density at radius 2 is 1.93 bits per heavy atom. The summed E-state index contributed by atoms with van der Waals surface area (Å²) in [6.45, 7) is 6.34. The predicted molar refractivity (Wildman–Crippen MR) is 113 cm³/mol. The number of rotatable bonds is 5. The van der Waals surface area contributed by atoms with Gasteiger partial charge in [0, 0.05) is 43.8 Å². The molecule has 2 aliphatic heterocycles. The fourth-order valence-electron chi connectivity index (χ4n) is 4.07. The van der Waals surface area contributed by atoms with Gasteiger partial charge in [-0.1, -0.05) is 11.7 Å². The molecular weight excluding hydrogens is 382 g/mol. The molecule has 5 rings (SSSR count). The number of hydrogen-bond acceptors (Lipinski definition) is 6. The maximum Gasteiger partial charge on any atom is 0.319 e. The summed E-state index contributed by atoms with van der Waals surface area (Å²) in [5, 5.41) is 10.8. The van der Waals surface area contributed by atoms with Crippen LogP contribution in [0, 0.1) is 0 Å². The molecule has 0 saturated carbocycles. The van der Waals surface area contributed by atoms with Gasteiger partial charge in [-0.25, -0.2) is 4.79 Å². The number of ether oxygens (including phenoxy) is 1. The molecule has 2 N–H and O–H groups in total. The second-order valence-electron chi connectivity index (χ2n) is 7.71. The van der Waals surface area contributed by atoms with Gasteiger partial charge in [0.25, 0.3) is 0 Å². The number of urea groups is 1. The molecule has 30 heavy (non-hydrogen) atoms. The van der Waals surface area contributed by atoms with Crippen molar-refractivity contribution in [2.24, 2.45) is 0 Å². The molecule has 8 heteroatoms. The molecule has 2 fully saturated rings. The van der Waals surface area contributed by atoms with Gasteiger partial charge in [-0.3, -0.25) is 4.98 Å². The highest BCUT2D eigenvalue weighted by atomic mass is 16.5. The standard InChI is InChI=1S/C22H23N5O3/c1-14(27-12-17-3-4-18(13-27)29-17)21-19-5-2-16(10-20(19)30-26-21)25-22(28)24-11-15-6-8-23-9-7-15/h2,5-10,17-18H,1,3-4,11-13H2,(H2,24,25,28). The van der Waals surface area contributed by atoms with Crippen LogP contribution in [0.15, 0.2) is 53.8 Å². The Labute approximate surface area is 173 Å². The fourth-order valence-corrected chi connectivity index (χ4v) is 4.07. The lowest BCUT2D eigenvalue weighted by Crippen LogP contribution is -2.41. The van der Waals surface area contributed by atoms with Gasteiger partial charge in [0.05, 0.1) is 23.3 Å². The number of carbonyl (C=O) groups is 1. The maximum atomic E-state index is 12.2. The first-order valence-electron chi connectivity index (χ1n) is 10.1. The van der Waals surface area contributed by atoms with Gasteiger partial charge in [-0.05, 0) is 42.7 Å². The molecule has 2 saturated heterocycles. The second-order valence-corrected chi connectivity index (χ2v) is 7.71. The van der Waals surface area contributed by atoms with E-state index in [0.717, 1.165) is 48.3 Å². The topological polar surface area (TPSA) is 92.5 Å². The third-order valence-electron chi connectivity index (χ3n) is 5.63. The molecule has 2 aliphatic rings. The van der Waals surface area contributed by atoms with E-state index in [1.807, 2.05) is 24.3 Å². The molecule has 2 unspecified atom stereocenters. The van der Waals surface area contributed by atoms with Crippen molar-refractivity contribution < 1.29 is 14.1 Å². The Bertz CT molecular complexity index is 1070. The third-order valence-corrected chi connectivity index (χ3v) is 5.63. The van der Waals surface area contributed by atoms with Crippen LogP contribution in [0.3, 0.4) is 0 Å². The van der Waals surface area contributed by atoms with Crippen LogP contribution in [-0.2, 0) is 11.3 Å². The number of pyridine rings is 1. The lowest BCUT2D eigenvalue weighted by molar-refractivity contribution is -0.0189. The van der Waals surface area contributed by atoms with Crippen LogP contribution in [-0.4, -0.2) is 46.4 Å². The van der Waals surface area contributed by atoms with Crippen molar-refractivity contribution in [3.63, 3.8) is 0 Å². The third kappa shape index (κ3) is 3.73. The Morgan fingerprint density at radius 1 is 1.17 bits per heavy atom. The molecular formula is C22H23N5O3. The van der Waals surface area contributed by atoms with E-state index < -0.39 is 0 Å². The van der Waals surface area contributed by atoms with Gasteiger partial charge in [-0.15, -0.1) is 0 Å². The molecule has 154 valence electrons. The number of benzene rings is 1. The SMILES string of the molecule is C=C(c1noc2cc(NC(=O)NCc3ccncc3)ccc12)N1CC2CCC(C1)O2. The highest BCUT2D eigenvalue weighted by Gasteiger charge is 2.35. The van der Waals surface area contributed by atoms with Crippen molar-refractivity contribution in [3.05, 3.63) is 60.6 Å². The van der Waals surface area contributed by atoms with Crippen molar-refractivity contribution in [2.45, 2.75) is 31.6 Å². The van der Waals surface area contributed by atoms with Crippen LogP contribution < -0.4 is 10.6 Å². The highest BCUT2D eigenvalue weighted by molar-refractivity contribution is 5.94. The molecule has 1 aromatic carbocycles. The summed E-state index contributed by atoms with van der Waals surface area (Å²) in [6.07, 6.45) is 6.15. The molecule has 8 nitrogen and oxygen atoms in total. The Morgan fingerprint density at radius 3 is 2.70 bits per heavy atom. The van der Waals surface area contributed by atoms with E-state index in [9.17, 15) is 4.79 Å². The average molecular weight is 405 g/mol. The largest absolute Gasteiger partial charge is 0.371 e. The van der Waals surface area contributed by atoms with Crippen LogP contribution in [0.1, 0.15) is 24.1 Å². The van der Waals surface area contributed by atoms with Crippen molar-refractivity contribution in [1.29, 1.82) is 0 Å². The van der Waals surface area contributed by atoms with Gasteiger partial charge in [0.1, 0.15) is 5.69 Å². The van der Waals surface area contributed by atoms with Crippen LogP contribution in [0.5, 0.6) is 0 Å². The molecule has 0 radical (unpaired) electrons. The number of nitrogens with zero attached hydrogens (tertiary/aromatic N) is 3. The van der Waals surface area contributed by atoms with Gasteiger partial charge >= 0.3 is 6.03 Å². The lowest BCUT2D eigenvalue weighted by Gasteiger charge is -2.34. The van der Waals surface area contributed by atoms with Gasteiger partial charge in [0.15, 0.2) is 5.58 Å². The second kappa shape index (κ2) is 7.79. The number of aromatic nitrogens is 2. The number of carbonyl (C=O) groups excluding carboxylic acids is 1. The van der Waals surface area contributed by atoms with Crippen LogP contribution in [0.2, 0.25) is 0 Å². The van der Waals surface area contributed by atoms with E-state index in [4.69, 9.17) is 9.26 Å². The van der Waals surface area contributed by atoms with E-state index in [2.05, 4.69) is 32.3 Å². The number of hydrogen-bond donors (Lipinski definition) is 2. The first-order chi connectivity index (χ1) is 14.7. The Kier molecular flexibility index (Phi) is 4.84. The van der Waals surface area contributed by atoms with E-state index in [1.165, 1.54) is 0 Å². The summed E-state index contributed by atoms with van der Waals surface area (Å²) in [7, 11) is 0. The molecule has 0 aliphatic carbocycles. The summed E-state index contributed by atoms with van der Waals surface area (Å²) in [6, 6.07) is 8.93. The van der Waals surface area contributed by atoms with Crippen molar-refractivity contribution in [2.75, 3.05) is 18.4 Å². The van der Waals surface area contributed by atoms with Gasteiger partial charge in [-0.2, -0.15) is 0 Å². The number of nitrogens with one attached hydrogen (secondary N) is 2. The molecule has 3 aromatic rings. The molecule has 2 amide bonds. The van der Waals surface area contributed by atoms with Crippen molar-refractivity contribution in [3.8, 4) is 0 Å². The van der Waals surface area contributed by atoms with Gasteiger partial charge in [0.2, 0.25) is 0 Å². The smallest absolute Gasteiger partial charge is 0.319 e. The lowest BCUT2D eigenvalue weighted by atomic mass is 10.1. The van der Waals surface area contributed by atoms with E-state index in [1.54, 1.807) is 18.5 Å². The predicted octanol–water partition coefficient (Wildman–Crippen LogP) is 3.38. The quantitative estimate of drug-likeness (QED) is 0.676. The monoisotopic (exact) mass is 405 g/mol. The van der Waals surface area contributed by atoms with Crippen molar-refractivity contribution in [1.82, 2.24) is 20.4 Å². The molecule has 2 atom stereocenters. The molecule has 4 heterocycles. The summed E-state index contributed by atoms with van der Waals surface area (Å²) < 4.78 is 11.4. The molecule has 2 bridgehead atoms. The zero-order valence-corrected chi connectivity index (χ0v) is 16.5.